The number of halogens is 1. The van der Waals surface area contributed by atoms with E-state index in [1.54, 1.807) is 18.3 Å². The van der Waals surface area contributed by atoms with Crippen LogP contribution in [0, 0.1) is 5.82 Å². The van der Waals surface area contributed by atoms with E-state index in [-0.39, 0.29) is 11.9 Å². The monoisotopic (exact) mass is 475 g/mol. The fourth-order valence-electron chi connectivity index (χ4n) is 4.16. The third-order valence-corrected chi connectivity index (χ3v) is 6.02. The molecule has 0 amide bonds. The van der Waals surface area contributed by atoms with Gasteiger partial charge in [0, 0.05) is 23.3 Å². The van der Waals surface area contributed by atoms with Crippen LogP contribution in [0.4, 0.5) is 10.3 Å². The van der Waals surface area contributed by atoms with Crippen molar-refractivity contribution in [2.24, 2.45) is 0 Å². The summed E-state index contributed by atoms with van der Waals surface area (Å²) in [7, 11) is 0. The molecule has 3 heterocycles. The fraction of sp³-hybridized carbons (Fsp3) is 0.0690. The number of nitrogens with one attached hydrogen (secondary N) is 1. The maximum absolute atomic E-state index is 13.7. The second kappa shape index (κ2) is 9.11. The summed E-state index contributed by atoms with van der Waals surface area (Å²) in [5.41, 5.74) is 3.32. The second-order valence-corrected chi connectivity index (χ2v) is 8.49. The minimum absolute atomic E-state index is 0.0203. The van der Waals surface area contributed by atoms with Gasteiger partial charge < -0.3 is 9.73 Å². The Balaban J connectivity index is 1.42. The number of nitrogens with zero attached hydrogens (tertiary/aromatic N) is 4. The van der Waals surface area contributed by atoms with Crippen molar-refractivity contribution in [3.05, 3.63) is 115 Å². The standard InChI is InChI=1S/C29H22FN5O/c1-19(20-7-3-2-4-8-20)32-29-31-16-15-27(34-29)35-18-24(26-17-22-9-5-6-10-25(22)36-26)33-28(35)21-11-13-23(30)14-12-21/h2-19H,1H3,(H,31,32,34)/t19-/m0/s1. The van der Waals surface area contributed by atoms with Crippen LogP contribution in [0.5, 0.6) is 0 Å². The molecule has 0 fully saturated rings. The SMILES string of the molecule is C[C@H](Nc1nccc(-n2cc(-c3cc4ccccc4o3)nc2-c2ccc(F)cc2)n1)c1ccccc1. The number of benzene rings is 3. The van der Waals surface area contributed by atoms with Gasteiger partial charge in [0.1, 0.15) is 28.7 Å². The van der Waals surface area contributed by atoms with Crippen molar-refractivity contribution in [1.29, 1.82) is 0 Å². The summed E-state index contributed by atoms with van der Waals surface area (Å²) in [6, 6.07) is 28.0. The Bertz CT molecular complexity index is 1610. The molecule has 0 unspecified atom stereocenters. The zero-order valence-corrected chi connectivity index (χ0v) is 19.5. The van der Waals surface area contributed by atoms with Crippen molar-refractivity contribution in [2.75, 3.05) is 5.32 Å². The Morgan fingerprint density at radius 2 is 1.67 bits per heavy atom. The first-order valence-electron chi connectivity index (χ1n) is 11.6. The van der Waals surface area contributed by atoms with Crippen LogP contribution in [0.2, 0.25) is 0 Å². The molecule has 0 saturated heterocycles. The predicted molar refractivity (Wildman–Crippen MR) is 138 cm³/mol. The van der Waals surface area contributed by atoms with Gasteiger partial charge in [0.2, 0.25) is 5.95 Å². The molecule has 1 N–H and O–H groups in total. The van der Waals surface area contributed by atoms with Crippen LogP contribution < -0.4 is 5.32 Å². The molecule has 36 heavy (non-hydrogen) atoms. The van der Waals surface area contributed by atoms with Gasteiger partial charge in [0.25, 0.3) is 0 Å². The first kappa shape index (κ1) is 21.7. The zero-order chi connectivity index (χ0) is 24.5. The molecular formula is C29H22FN5O. The molecule has 0 radical (unpaired) electrons. The summed E-state index contributed by atoms with van der Waals surface area (Å²) in [5, 5.41) is 4.36. The van der Waals surface area contributed by atoms with E-state index in [1.807, 2.05) is 65.4 Å². The molecule has 0 spiro atoms. The largest absolute Gasteiger partial charge is 0.454 e. The molecule has 6 rings (SSSR count). The van der Waals surface area contributed by atoms with E-state index in [9.17, 15) is 4.39 Å². The minimum atomic E-state index is -0.308. The highest BCUT2D eigenvalue weighted by Gasteiger charge is 2.18. The van der Waals surface area contributed by atoms with Gasteiger partial charge >= 0.3 is 0 Å². The molecule has 176 valence electrons. The van der Waals surface area contributed by atoms with E-state index in [4.69, 9.17) is 14.4 Å². The van der Waals surface area contributed by atoms with Gasteiger partial charge in [0.15, 0.2) is 5.76 Å². The molecule has 0 aliphatic rings. The quantitative estimate of drug-likeness (QED) is 0.279. The number of para-hydroxylation sites is 1. The van der Waals surface area contributed by atoms with Gasteiger partial charge in [-0.1, -0.05) is 48.5 Å². The van der Waals surface area contributed by atoms with Crippen molar-refractivity contribution in [1.82, 2.24) is 19.5 Å². The molecule has 3 aromatic carbocycles. The first-order chi connectivity index (χ1) is 17.6. The predicted octanol–water partition coefficient (Wildman–Crippen LogP) is 7.05. The van der Waals surface area contributed by atoms with Gasteiger partial charge in [-0.05, 0) is 55.0 Å². The van der Waals surface area contributed by atoms with Gasteiger partial charge in [-0.3, -0.25) is 4.57 Å². The third kappa shape index (κ3) is 4.22. The van der Waals surface area contributed by atoms with Crippen molar-refractivity contribution in [2.45, 2.75) is 13.0 Å². The van der Waals surface area contributed by atoms with Crippen molar-refractivity contribution in [3.63, 3.8) is 0 Å². The van der Waals surface area contributed by atoms with E-state index in [2.05, 4.69) is 29.4 Å². The molecule has 7 heteroatoms. The summed E-state index contributed by atoms with van der Waals surface area (Å²) >= 11 is 0. The highest BCUT2D eigenvalue weighted by atomic mass is 19.1. The minimum Gasteiger partial charge on any atom is -0.454 e. The van der Waals surface area contributed by atoms with E-state index in [0.29, 0.717) is 29.0 Å². The third-order valence-electron chi connectivity index (χ3n) is 6.02. The van der Waals surface area contributed by atoms with Gasteiger partial charge in [-0.25, -0.2) is 14.4 Å². The number of rotatable bonds is 6. The number of furan rings is 1. The molecule has 1 atom stereocenters. The molecule has 6 aromatic rings. The lowest BCUT2D eigenvalue weighted by Gasteiger charge is -2.15. The highest BCUT2D eigenvalue weighted by Crippen LogP contribution is 2.31. The number of aromatic nitrogens is 4. The zero-order valence-electron chi connectivity index (χ0n) is 19.5. The Morgan fingerprint density at radius 3 is 2.47 bits per heavy atom. The lowest BCUT2D eigenvalue weighted by Crippen LogP contribution is -2.10. The van der Waals surface area contributed by atoms with E-state index >= 15 is 0 Å². The van der Waals surface area contributed by atoms with Crippen LogP contribution in [-0.4, -0.2) is 19.5 Å². The Hall–Kier alpha value is -4.78. The second-order valence-electron chi connectivity index (χ2n) is 8.49. The number of anilines is 1. The number of hydrogen-bond donors (Lipinski definition) is 1. The number of fused-ring (bicyclic) bond motifs is 1. The van der Waals surface area contributed by atoms with Crippen LogP contribution in [0.25, 0.3) is 39.6 Å². The lowest BCUT2D eigenvalue weighted by molar-refractivity contribution is 0.627. The highest BCUT2D eigenvalue weighted by molar-refractivity contribution is 5.82. The average Bonchev–Trinajstić information content (AvgIpc) is 3.55. The summed E-state index contributed by atoms with van der Waals surface area (Å²) < 4.78 is 21.6. The molecule has 0 aliphatic carbocycles. The lowest BCUT2D eigenvalue weighted by atomic mass is 10.1. The number of hydrogen-bond acceptors (Lipinski definition) is 5. The van der Waals surface area contributed by atoms with Crippen molar-refractivity contribution >= 4 is 16.9 Å². The molecule has 0 saturated carbocycles. The van der Waals surface area contributed by atoms with E-state index < -0.39 is 0 Å². The smallest absolute Gasteiger partial charge is 0.225 e. The van der Waals surface area contributed by atoms with Crippen molar-refractivity contribution in [3.8, 4) is 28.7 Å². The maximum Gasteiger partial charge on any atom is 0.225 e. The normalized spacial score (nSPS) is 12.1. The van der Waals surface area contributed by atoms with Crippen LogP contribution in [0.15, 0.2) is 108 Å². The van der Waals surface area contributed by atoms with Crippen LogP contribution >= 0.6 is 0 Å². The Morgan fingerprint density at radius 1 is 0.889 bits per heavy atom. The van der Waals surface area contributed by atoms with Crippen LogP contribution in [0.3, 0.4) is 0 Å². The van der Waals surface area contributed by atoms with Crippen LogP contribution in [-0.2, 0) is 0 Å². The van der Waals surface area contributed by atoms with E-state index in [1.165, 1.54) is 12.1 Å². The molecule has 0 bridgehead atoms. The number of imidazole rings is 1. The fourth-order valence-corrected chi connectivity index (χ4v) is 4.16. The topological polar surface area (TPSA) is 68.8 Å². The molecule has 3 aromatic heterocycles. The maximum atomic E-state index is 13.7. The first-order valence-corrected chi connectivity index (χ1v) is 11.6. The Labute approximate surface area is 207 Å². The van der Waals surface area contributed by atoms with Gasteiger partial charge in [0.05, 0.1) is 6.04 Å². The molecular weight excluding hydrogens is 453 g/mol. The van der Waals surface area contributed by atoms with Gasteiger partial charge in [-0.2, -0.15) is 4.98 Å². The van der Waals surface area contributed by atoms with Crippen LogP contribution in [0.1, 0.15) is 18.5 Å². The Kier molecular flexibility index (Phi) is 5.50. The summed E-state index contributed by atoms with van der Waals surface area (Å²) in [5.74, 6) is 2.07. The average molecular weight is 476 g/mol. The molecule has 0 aliphatic heterocycles. The van der Waals surface area contributed by atoms with E-state index in [0.717, 1.165) is 22.1 Å². The summed E-state index contributed by atoms with van der Waals surface area (Å²) in [6.07, 6.45) is 3.58. The van der Waals surface area contributed by atoms with Crippen molar-refractivity contribution < 1.29 is 8.81 Å². The summed E-state index contributed by atoms with van der Waals surface area (Å²) in [4.78, 5) is 14.0. The molecule has 6 nitrogen and oxygen atoms in total. The van der Waals surface area contributed by atoms with Gasteiger partial charge in [-0.15, -0.1) is 0 Å². The summed E-state index contributed by atoms with van der Waals surface area (Å²) in [6.45, 7) is 2.06.